The summed E-state index contributed by atoms with van der Waals surface area (Å²) in [5.74, 6) is -0.0672. The van der Waals surface area contributed by atoms with E-state index in [2.05, 4.69) is 0 Å². The van der Waals surface area contributed by atoms with Gasteiger partial charge in [-0.15, -0.1) is 0 Å². The molecule has 110 valence electrons. The first-order valence-electron chi connectivity index (χ1n) is 6.37. The lowest BCUT2D eigenvalue weighted by atomic mass is 10.0. The van der Waals surface area contributed by atoms with Gasteiger partial charge in [0.15, 0.2) is 5.78 Å². The lowest BCUT2D eigenvalue weighted by Gasteiger charge is -2.06. The number of thioether (sulfide) groups is 1. The fourth-order valence-electron chi connectivity index (χ4n) is 1.89. The van der Waals surface area contributed by atoms with Crippen molar-refractivity contribution in [1.82, 2.24) is 0 Å². The Morgan fingerprint density at radius 2 is 1.57 bits per heavy atom. The average Bonchev–Trinajstić information content (AvgIpc) is 2.45. The molecular formula is C16H13F3OS. The van der Waals surface area contributed by atoms with Crippen LogP contribution in [0.15, 0.2) is 59.5 Å². The minimum absolute atomic E-state index is 0.0672. The quantitative estimate of drug-likeness (QED) is 0.563. The van der Waals surface area contributed by atoms with Crippen LogP contribution in [0.4, 0.5) is 13.2 Å². The predicted molar refractivity (Wildman–Crippen MR) is 77.4 cm³/mol. The number of halogens is 3. The summed E-state index contributed by atoms with van der Waals surface area (Å²) in [7, 11) is 0. The maximum atomic E-state index is 12.2. The SMILES string of the molecule is O=C(CCc1ccccc1)c1ccc(SC(F)(F)F)cc1. The Balaban J connectivity index is 1.94. The molecule has 0 spiro atoms. The zero-order valence-corrected chi connectivity index (χ0v) is 11.9. The van der Waals surface area contributed by atoms with Crippen LogP contribution in [0.2, 0.25) is 0 Å². The maximum Gasteiger partial charge on any atom is 0.446 e. The smallest absolute Gasteiger partial charge is 0.294 e. The number of ketones is 1. The summed E-state index contributed by atoms with van der Waals surface area (Å²) in [6.07, 6.45) is 0.967. The van der Waals surface area contributed by atoms with Gasteiger partial charge in [-0.2, -0.15) is 13.2 Å². The monoisotopic (exact) mass is 310 g/mol. The molecule has 0 radical (unpaired) electrons. The van der Waals surface area contributed by atoms with E-state index in [1.54, 1.807) is 0 Å². The minimum atomic E-state index is -4.31. The van der Waals surface area contributed by atoms with Crippen LogP contribution < -0.4 is 0 Å². The van der Waals surface area contributed by atoms with Crippen molar-refractivity contribution in [2.75, 3.05) is 0 Å². The molecule has 1 nitrogen and oxygen atoms in total. The molecule has 2 aromatic rings. The molecule has 0 aromatic heterocycles. The molecule has 0 heterocycles. The number of hydrogen-bond acceptors (Lipinski definition) is 2. The molecule has 0 aliphatic rings. The van der Waals surface area contributed by atoms with Crippen LogP contribution in [0.3, 0.4) is 0 Å². The highest BCUT2D eigenvalue weighted by Crippen LogP contribution is 2.36. The van der Waals surface area contributed by atoms with Gasteiger partial charge in [0.25, 0.3) is 0 Å². The molecule has 0 aliphatic carbocycles. The third-order valence-electron chi connectivity index (χ3n) is 2.89. The van der Waals surface area contributed by atoms with Gasteiger partial charge in [-0.05, 0) is 35.9 Å². The number of carbonyl (C=O) groups is 1. The second kappa shape index (κ2) is 6.80. The van der Waals surface area contributed by atoms with Crippen molar-refractivity contribution in [2.45, 2.75) is 23.2 Å². The Labute approximate surface area is 125 Å². The summed E-state index contributed by atoms with van der Waals surface area (Å²) in [5.41, 5.74) is -2.80. The number of hydrogen-bond donors (Lipinski definition) is 0. The first kappa shape index (κ1) is 15.6. The van der Waals surface area contributed by atoms with Crippen molar-refractivity contribution in [2.24, 2.45) is 0 Å². The molecule has 0 unspecified atom stereocenters. The van der Waals surface area contributed by atoms with E-state index in [0.29, 0.717) is 18.4 Å². The van der Waals surface area contributed by atoms with E-state index in [-0.39, 0.29) is 22.4 Å². The molecule has 0 saturated carbocycles. The van der Waals surface area contributed by atoms with Gasteiger partial charge in [-0.1, -0.05) is 42.5 Å². The Morgan fingerprint density at radius 1 is 0.952 bits per heavy atom. The largest absolute Gasteiger partial charge is 0.446 e. The average molecular weight is 310 g/mol. The van der Waals surface area contributed by atoms with Crippen molar-refractivity contribution in [3.8, 4) is 0 Å². The minimum Gasteiger partial charge on any atom is -0.294 e. The second-order valence-corrected chi connectivity index (χ2v) is 5.62. The van der Waals surface area contributed by atoms with Gasteiger partial charge in [-0.3, -0.25) is 4.79 Å². The highest BCUT2D eigenvalue weighted by molar-refractivity contribution is 8.00. The standard InChI is InChI=1S/C16H13F3OS/c17-16(18,19)21-14-9-7-13(8-10-14)15(20)11-6-12-4-2-1-3-5-12/h1-5,7-10H,6,11H2. The van der Waals surface area contributed by atoms with E-state index in [0.717, 1.165) is 5.56 Å². The van der Waals surface area contributed by atoms with Crippen LogP contribution in [-0.2, 0) is 6.42 Å². The molecule has 0 amide bonds. The molecule has 0 atom stereocenters. The first-order valence-corrected chi connectivity index (χ1v) is 7.18. The molecule has 21 heavy (non-hydrogen) atoms. The summed E-state index contributed by atoms with van der Waals surface area (Å²) < 4.78 is 36.6. The normalized spacial score (nSPS) is 11.4. The highest BCUT2D eigenvalue weighted by atomic mass is 32.2. The van der Waals surface area contributed by atoms with E-state index in [9.17, 15) is 18.0 Å². The van der Waals surface area contributed by atoms with E-state index >= 15 is 0 Å². The van der Waals surface area contributed by atoms with E-state index in [1.165, 1.54) is 24.3 Å². The topological polar surface area (TPSA) is 17.1 Å². The molecule has 0 N–H and O–H groups in total. The van der Waals surface area contributed by atoms with Gasteiger partial charge >= 0.3 is 5.51 Å². The Bertz CT molecular complexity index is 591. The number of carbonyl (C=O) groups excluding carboxylic acids is 1. The summed E-state index contributed by atoms with van der Waals surface area (Å²) in [5, 5.41) is 0. The summed E-state index contributed by atoms with van der Waals surface area (Å²) in [6.45, 7) is 0. The third-order valence-corrected chi connectivity index (χ3v) is 3.63. The number of alkyl halides is 3. The van der Waals surface area contributed by atoms with Crippen LogP contribution in [0.25, 0.3) is 0 Å². The fourth-order valence-corrected chi connectivity index (χ4v) is 2.43. The van der Waals surface area contributed by atoms with Gasteiger partial charge in [0.1, 0.15) is 0 Å². The molecule has 0 fully saturated rings. The maximum absolute atomic E-state index is 12.2. The van der Waals surface area contributed by atoms with Gasteiger partial charge in [-0.25, -0.2) is 0 Å². The zero-order chi connectivity index (χ0) is 15.3. The van der Waals surface area contributed by atoms with Crippen molar-refractivity contribution in [3.05, 3.63) is 65.7 Å². The number of benzene rings is 2. The van der Waals surface area contributed by atoms with Gasteiger partial charge in [0, 0.05) is 16.9 Å². The lowest BCUT2D eigenvalue weighted by molar-refractivity contribution is -0.0328. The zero-order valence-electron chi connectivity index (χ0n) is 11.1. The summed E-state index contributed by atoms with van der Waals surface area (Å²) >= 11 is -0.180. The van der Waals surface area contributed by atoms with Crippen molar-refractivity contribution < 1.29 is 18.0 Å². The molecule has 0 saturated heterocycles. The summed E-state index contributed by atoms with van der Waals surface area (Å²) in [4.78, 5) is 12.1. The van der Waals surface area contributed by atoms with Crippen LogP contribution in [0.5, 0.6) is 0 Å². The Kier molecular flexibility index (Phi) is 5.07. The fraction of sp³-hybridized carbons (Fsp3) is 0.188. The molecule has 5 heteroatoms. The van der Waals surface area contributed by atoms with Crippen LogP contribution in [0, 0.1) is 0 Å². The van der Waals surface area contributed by atoms with E-state index < -0.39 is 5.51 Å². The number of Topliss-reactive ketones (excluding diaryl/α,β-unsaturated/α-hetero) is 1. The van der Waals surface area contributed by atoms with Crippen LogP contribution in [0.1, 0.15) is 22.3 Å². The Morgan fingerprint density at radius 3 is 2.14 bits per heavy atom. The van der Waals surface area contributed by atoms with Crippen molar-refractivity contribution >= 4 is 17.5 Å². The molecule has 0 bridgehead atoms. The molecular weight excluding hydrogens is 297 g/mol. The van der Waals surface area contributed by atoms with E-state index in [1.807, 2.05) is 30.3 Å². The Hall–Kier alpha value is -1.75. The van der Waals surface area contributed by atoms with E-state index in [4.69, 9.17) is 0 Å². The summed E-state index contributed by atoms with van der Waals surface area (Å²) in [6, 6.07) is 15.1. The van der Waals surface area contributed by atoms with Gasteiger partial charge in [0.2, 0.25) is 0 Å². The predicted octanol–water partition coefficient (Wildman–Crippen LogP) is 5.11. The highest BCUT2D eigenvalue weighted by Gasteiger charge is 2.29. The number of rotatable bonds is 5. The van der Waals surface area contributed by atoms with Crippen LogP contribution in [-0.4, -0.2) is 11.3 Å². The molecule has 0 aliphatic heterocycles. The first-order chi connectivity index (χ1) is 9.94. The number of aryl methyl sites for hydroxylation is 1. The van der Waals surface area contributed by atoms with Gasteiger partial charge < -0.3 is 0 Å². The van der Waals surface area contributed by atoms with Gasteiger partial charge in [0.05, 0.1) is 0 Å². The second-order valence-electron chi connectivity index (χ2n) is 4.48. The molecule has 2 rings (SSSR count). The van der Waals surface area contributed by atoms with Crippen molar-refractivity contribution in [3.63, 3.8) is 0 Å². The molecule has 2 aromatic carbocycles. The third kappa shape index (κ3) is 5.27. The lowest BCUT2D eigenvalue weighted by Crippen LogP contribution is -2.02. The van der Waals surface area contributed by atoms with Crippen molar-refractivity contribution in [1.29, 1.82) is 0 Å². The van der Waals surface area contributed by atoms with Crippen LogP contribution >= 0.6 is 11.8 Å².